The molecule has 1 saturated heterocycles. The second-order valence-electron chi connectivity index (χ2n) is 4.24. The molecule has 1 aliphatic rings. The SMILES string of the molecule is Cc1cccc(C2(O)CCS(=O)(=O)C2)c1. The van der Waals surface area contributed by atoms with Gasteiger partial charge in [0.15, 0.2) is 9.84 Å². The van der Waals surface area contributed by atoms with Crippen LogP contribution in [0, 0.1) is 6.92 Å². The first-order valence-corrected chi connectivity index (χ1v) is 6.73. The lowest BCUT2D eigenvalue weighted by atomic mass is 9.92. The number of hydrogen-bond donors (Lipinski definition) is 1. The first-order chi connectivity index (χ1) is 6.91. The molecule has 1 aromatic carbocycles. The largest absolute Gasteiger partial charge is 0.384 e. The molecule has 0 amide bonds. The van der Waals surface area contributed by atoms with Crippen molar-refractivity contribution in [1.82, 2.24) is 0 Å². The first kappa shape index (κ1) is 10.6. The number of sulfone groups is 1. The van der Waals surface area contributed by atoms with Crippen LogP contribution in [0.4, 0.5) is 0 Å². The van der Waals surface area contributed by atoms with E-state index in [2.05, 4.69) is 0 Å². The Hall–Kier alpha value is -0.870. The third kappa shape index (κ3) is 2.06. The average Bonchev–Trinajstić information content (AvgIpc) is 2.42. The third-order valence-corrected chi connectivity index (χ3v) is 4.58. The molecule has 2 rings (SSSR count). The van der Waals surface area contributed by atoms with Crippen LogP contribution in [0.2, 0.25) is 0 Å². The van der Waals surface area contributed by atoms with Gasteiger partial charge in [-0.2, -0.15) is 0 Å². The van der Waals surface area contributed by atoms with Crippen molar-refractivity contribution in [2.45, 2.75) is 18.9 Å². The maximum Gasteiger partial charge on any atom is 0.153 e. The Kier molecular flexibility index (Phi) is 2.35. The van der Waals surface area contributed by atoms with Crippen LogP contribution >= 0.6 is 0 Å². The van der Waals surface area contributed by atoms with Crippen molar-refractivity contribution in [3.63, 3.8) is 0 Å². The van der Waals surface area contributed by atoms with Crippen LogP contribution in [0.3, 0.4) is 0 Å². The lowest BCUT2D eigenvalue weighted by Gasteiger charge is -2.21. The van der Waals surface area contributed by atoms with Gasteiger partial charge in [0.05, 0.1) is 11.5 Å². The summed E-state index contributed by atoms with van der Waals surface area (Å²) in [4.78, 5) is 0. The molecule has 1 heterocycles. The fourth-order valence-corrected chi connectivity index (χ4v) is 3.83. The van der Waals surface area contributed by atoms with Crippen LogP contribution in [0.15, 0.2) is 24.3 Å². The fraction of sp³-hybridized carbons (Fsp3) is 0.455. The highest BCUT2D eigenvalue weighted by Crippen LogP contribution is 2.33. The molecule has 1 fully saturated rings. The Balaban J connectivity index is 2.40. The molecule has 1 aromatic rings. The molecule has 1 N–H and O–H groups in total. The molecule has 1 unspecified atom stereocenters. The van der Waals surface area contributed by atoms with Gasteiger partial charge < -0.3 is 5.11 Å². The molecular weight excluding hydrogens is 212 g/mol. The monoisotopic (exact) mass is 226 g/mol. The Morgan fingerprint density at radius 2 is 2.13 bits per heavy atom. The molecule has 0 aliphatic carbocycles. The van der Waals surface area contributed by atoms with Crippen LogP contribution < -0.4 is 0 Å². The molecule has 1 atom stereocenters. The quantitative estimate of drug-likeness (QED) is 0.777. The summed E-state index contributed by atoms with van der Waals surface area (Å²) < 4.78 is 22.7. The van der Waals surface area contributed by atoms with Crippen LogP contribution in [0.25, 0.3) is 0 Å². The summed E-state index contributed by atoms with van der Waals surface area (Å²) in [5.74, 6) is -0.0686. The van der Waals surface area contributed by atoms with Gasteiger partial charge in [-0.05, 0) is 18.9 Å². The van der Waals surface area contributed by atoms with E-state index in [0.29, 0.717) is 12.0 Å². The van der Waals surface area contributed by atoms with Gasteiger partial charge in [0.1, 0.15) is 5.60 Å². The minimum absolute atomic E-state index is 0.0808. The van der Waals surface area contributed by atoms with Gasteiger partial charge in [-0.3, -0.25) is 0 Å². The van der Waals surface area contributed by atoms with E-state index >= 15 is 0 Å². The van der Waals surface area contributed by atoms with E-state index in [1.165, 1.54) is 0 Å². The van der Waals surface area contributed by atoms with E-state index in [9.17, 15) is 13.5 Å². The lowest BCUT2D eigenvalue weighted by molar-refractivity contribution is 0.0652. The minimum atomic E-state index is -3.06. The molecule has 0 saturated carbocycles. The summed E-state index contributed by atoms with van der Waals surface area (Å²) in [6.07, 6.45) is 0.304. The molecule has 0 bridgehead atoms. The predicted octanol–water partition coefficient (Wildman–Crippen LogP) is 1.00. The second-order valence-corrected chi connectivity index (χ2v) is 6.43. The summed E-state index contributed by atoms with van der Waals surface area (Å²) in [5, 5.41) is 10.2. The normalized spacial score (nSPS) is 29.2. The third-order valence-electron chi connectivity index (χ3n) is 2.84. The van der Waals surface area contributed by atoms with E-state index < -0.39 is 15.4 Å². The lowest BCUT2D eigenvalue weighted by Crippen LogP contribution is -2.26. The van der Waals surface area contributed by atoms with E-state index in [0.717, 1.165) is 5.56 Å². The Bertz CT molecular complexity index is 478. The molecule has 82 valence electrons. The summed E-state index contributed by atoms with van der Waals surface area (Å²) in [6.45, 7) is 1.93. The number of benzene rings is 1. The minimum Gasteiger partial charge on any atom is -0.384 e. The molecule has 3 nitrogen and oxygen atoms in total. The molecule has 0 aromatic heterocycles. The zero-order valence-corrected chi connectivity index (χ0v) is 9.42. The van der Waals surface area contributed by atoms with Crippen LogP contribution in [0.5, 0.6) is 0 Å². The fourth-order valence-electron chi connectivity index (χ4n) is 1.99. The zero-order valence-electron chi connectivity index (χ0n) is 8.60. The standard InChI is InChI=1S/C11H14O3S/c1-9-3-2-4-10(7-9)11(12)5-6-15(13,14)8-11/h2-4,7,12H,5-6,8H2,1H3. The number of hydrogen-bond acceptors (Lipinski definition) is 3. The van der Waals surface area contributed by atoms with Crippen LogP contribution in [-0.4, -0.2) is 25.0 Å². The van der Waals surface area contributed by atoms with Gasteiger partial charge in [-0.15, -0.1) is 0 Å². The van der Waals surface area contributed by atoms with Gasteiger partial charge in [-0.25, -0.2) is 8.42 Å². The van der Waals surface area contributed by atoms with Crippen molar-refractivity contribution in [3.05, 3.63) is 35.4 Å². The van der Waals surface area contributed by atoms with E-state index in [1.54, 1.807) is 6.07 Å². The maximum atomic E-state index is 11.3. The highest BCUT2D eigenvalue weighted by molar-refractivity contribution is 7.91. The highest BCUT2D eigenvalue weighted by Gasteiger charge is 2.41. The number of rotatable bonds is 1. The Morgan fingerprint density at radius 1 is 1.40 bits per heavy atom. The summed E-state index contributed by atoms with van der Waals surface area (Å²) in [5.41, 5.74) is 0.569. The van der Waals surface area contributed by atoms with Gasteiger partial charge in [0, 0.05) is 0 Å². The average molecular weight is 226 g/mol. The van der Waals surface area contributed by atoms with Crippen molar-refractivity contribution in [3.8, 4) is 0 Å². The number of aryl methyl sites for hydroxylation is 1. The van der Waals surface area contributed by atoms with Crippen molar-refractivity contribution in [2.24, 2.45) is 0 Å². The van der Waals surface area contributed by atoms with Crippen molar-refractivity contribution in [1.29, 1.82) is 0 Å². The summed E-state index contributed by atoms with van der Waals surface area (Å²) >= 11 is 0. The van der Waals surface area contributed by atoms with E-state index in [1.807, 2.05) is 25.1 Å². The molecule has 4 heteroatoms. The Morgan fingerprint density at radius 3 is 2.67 bits per heavy atom. The maximum absolute atomic E-state index is 11.3. The van der Waals surface area contributed by atoms with Gasteiger partial charge in [0.25, 0.3) is 0 Å². The molecule has 0 spiro atoms. The van der Waals surface area contributed by atoms with Crippen molar-refractivity contribution >= 4 is 9.84 Å². The smallest absolute Gasteiger partial charge is 0.153 e. The topological polar surface area (TPSA) is 54.4 Å². The van der Waals surface area contributed by atoms with Gasteiger partial charge >= 0.3 is 0 Å². The van der Waals surface area contributed by atoms with Crippen LogP contribution in [-0.2, 0) is 15.4 Å². The number of aliphatic hydroxyl groups is 1. The molecule has 15 heavy (non-hydrogen) atoms. The zero-order chi connectivity index (χ0) is 11.1. The van der Waals surface area contributed by atoms with Crippen molar-refractivity contribution < 1.29 is 13.5 Å². The summed E-state index contributed by atoms with van der Waals surface area (Å²) in [7, 11) is -3.06. The van der Waals surface area contributed by atoms with Crippen LogP contribution in [0.1, 0.15) is 17.5 Å². The molecular formula is C11H14O3S. The van der Waals surface area contributed by atoms with E-state index in [4.69, 9.17) is 0 Å². The summed E-state index contributed by atoms with van der Waals surface area (Å²) in [6, 6.07) is 7.40. The van der Waals surface area contributed by atoms with E-state index in [-0.39, 0.29) is 11.5 Å². The van der Waals surface area contributed by atoms with Crippen molar-refractivity contribution in [2.75, 3.05) is 11.5 Å². The highest BCUT2D eigenvalue weighted by atomic mass is 32.2. The van der Waals surface area contributed by atoms with Gasteiger partial charge in [0.2, 0.25) is 0 Å². The van der Waals surface area contributed by atoms with Gasteiger partial charge in [-0.1, -0.05) is 29.8 Å². The molecule has 0 radical (unpaired) electrons. The molecule has 1 aliphatic heterocycles. The Labute approximate surface area is 89.7 Å². The first-order valence-electron chi connectivity index (χ1n) is 4.91. The second kappa shape index (κ2) is 3.32. The predicted molar refractivity (Wildman–Crippen MR) is 58.3 cm³/mol.